The molecule has 1 aliphatic rings. The highest BCUT2D eigenvalue weighted by atomic mass is 32.2. The first-order valence-corrected chi connectivity index (χ1v) is 10.7. The third kappa shape index (κ3) is 3.86. The van der Waals surface area contributed by atoms with Gasteiger partial charge in [-0.25, -0.2) is 12.8 Å². The van der Waals surface area contributed by atoms with Gasteiger partial charge in [-0.3, -0.25) is 13.8 Å². The van der Waals surface area contributed by atoms with Gasteiger partial charge in [0.2, 0.25) is 10.0 Å². The Kier molecular flexibility index (Phi) is 4.83. The van der Waals surface area contributed by atoms with Crippen LogP contribution in [0.1, 0.15) is 16.9 Å². The van der Waals surface area contributed by atoms with Gasteiger partial charge in [-0.2, -0.15) is 5.10 Å². The van der Waals surface area contributed by atoms with Gasteiger partial charge in [0.05, 0.1) is 17.1 Å². The molecule has 1 aromatic heterocycles. The lowest BCUT2D eigenvalue weighted by molar-refractivity contribution is 0.101. The van der Waals surface area contributed by atoms with Crippen molar-refractivity contribution in [3.8, 4) is 11.3 Å². The minimum atomic E-state index is -3.24. The smallest absolute Gasteiger partial charge is 0.273 e. The Morgan fingerprint density at radius 2 is 1.79 bits per heavy atom. The summed E-state index contributed by atoms with van der Waals surface area (Å²) in [6, 6.07) is 14.2. The molecule has 29 heavy (non-hydrogen) atoms. The number of aromatic nitrogens is 2. The number of hydrogen-bond donors (Lipinski definition) is 1. The molecule has 0 atom stereocenters. The van der Waals surface area contributed by atoms with Crippen LogP contribution in [0.4, 0.5) is 15.8 Å². The molecule has 0 unspecified atom stereocenters. The lowest BCUT2D eigenvalue weighted by atomic mass is 10.1. The lowest BCUT2D eigenvalue weighted by Gasteiger charge is -2.17. The maximum atomic E-state index is 13.1. The van der Waals surface area contributed by atoms with Gasteiger partial charge in [0.15, 0.2) is 0 Å². The fraction of sp³-hybridized carbons (Fsp3) is 0.200. The highest BCUT2D eigenvalue weighted by Gasteiger charge is 2.28. The van der Waals surface area contributed by atoms with Gasteiger partial charge in [0.1, 0.15) is 11.5 Å². The van der Waals surface area contributed by atoms with Crippen molar-refractivity contribution in [1.29, 1.82) is 0 Å². The van der Waals surface area contributed by atoms with Gasteiger partial charge in [-0.05, 0) is 61.0 Å². The Morgan fingerprint density at radius 1 is 1.10 bits per heavy atom. The first-order valence-electron chi connectivity index (χ1n) is 9.05. The normalized spacial score (nSPS) is 15.4. The number of amides is 1. The van der Waals surface area contributed by atoms with Crippen LogP contribution in [0.3, 0.4) is 0 Å². The lowest BCUT2D eigenvalue weighted by Crippen LogP contribution is -2.25. The monoisotopic (exact) mass is 414 g/mol. The number of hydrogen-bond acceptors (Lipinski definition) is 4. The number of nitrogens with one attached hydrogen (secondary N) is 1. The Labute approximate surface area is 167 Å². The van der Waals surface area contributed by atoms with Crippen LogP contribution in [0, 0.1) is 5.82 Å². The molecule has 1 N–H and O–H groups in total. The summed E-state index contributed by atoms with van der Waals surface area (Å²) in [6.45, 7) is 0.467. The Bertz CT molecular complexity index is 1160. The van der Waals surface area contributed by atoms with Crippen LogP contribution in [0.5, 0.6) is 0 Å². The molecule has 1 amide bonds. The van der Waals surface area contributed by atoms with Crippen molar-refractivity contribution in [2.24, 2.45) is 7.05 Å². The average Bonchev–Trinajstić information content (AvgIpc) is 3.25. The predicted octanol–water partition coefficient (Wildman–Crippen LogP) is 3.02. The summed E-state index contributed by atoms with van der Waals surface area (Å²) in [5.41, 5.74) is 2.74. The van der Waals surface area contributed by atoms with Crippen molar-refractivity contribution < 1.29 is 17.6 Å². The highest BCUT2D eigenvalue weighted by Crippen LogP contribution is 2.26. The van der Waals surface area contributed by atoms with Crippen molar-refractivity contribution in [3.63, 3.8) is 0 Å². The number of carbonyl (C=O) groups excluding carboxylic acids is 1. The summed E-state index contributed by atoms with van der Waals surface area (Å²) in [5, 5.41) is 7.10. The van der Waals surface area contributed by atoms with Gasteiger partial charge in [0, 0.05) is 24.8 Å². The summed E-state index contributed by atoms with van der Waals surface area (Å²) < 4.78 is 40.0. The summed E-state index contributed by atoms with van der Waals surface area (Å²) in [6.07, 6.45) is 0.609. The molecular weight excluding hydrogens is 395 g/mol. The number of halogens is 1. The first kappa shape index (κ1) is 19.1. The second-order valence-corrected chi connectivity index (χ2v) is 8.80. The minimum Gasteiger partial charge on any atom is -0.321 e. The standard InChI is InChI=1S/C20H19FN4O3S/c1-24-19(13-18(23-24)14-3-5-15(21)6-4-14)20(26)22-16-7-9-17(10-8-16)25-11-2-12-29(25,27)28/h3-10,13H,2,11-12H2,1H3,(H,22,26). The van der Waals surface area contributed by atoms with Crippen molar-refractivity contribution in [2.45, 2.75) is 6.42 Å². The van der Waals surface area contributed by atoms with E-state index >= 15 is 0 Å². The third-order valence-electron chi connectivity index (χ3n) is 4.76. The van der Waals surface area contributed by atoms with Gasteiger partial charge < -0.3 is 5.32 Å². The molecule has 7 nitrogen and oxygen atoms in total. The molecule has 0 bridgehead atoms. The van der Waals surface area contributed by atoms with E-state index in [1.165, 1.54) is 21.1 Å². The molecule has 2 aromatic carbocycles. The third-order valence-corrected chi connectivity index (χ3v) is 6.63. The summed E-state index contributed by atoms with van der Waals surface area (Å²) in [7, 11) is -1.58. The zero-order valence-corrected chi connectivity index (χ0v) is 16.5. The summed E-state index contributed by atoms with van der Waals surface area (Å²) in [5.74, 6) is -0.537. The van der Waals surface area contributed by atoms with E-state index in [2.05, 4.69) is 10.4 Å². The van der Waals surface area contributed by atoms with Gasteiger partial charge in [0.25, 0.3) is 5.91 Å². The summed E-state index contributed by atoms with van der Waals surface area (Å²) >= 11 is 0. The van der Waals surface area contributed by atoms with E-state index in [-0.39, 0.29) is 17.5 Å². The maximum absolute atomic E-state index is 13.1. The molecule has 4 rings (SSSR count). The van der Waals surface area contributed by atoms with Crippen molar-refractivity contribution in [2.75, 3.05) is 21.9 Å². The van der Waals surface area contributed by atoms with Crippen molar-refractivity contribution in [1.82, 2.24) is 9.78 Å². The zero-order valence-electron chi connectivity index (χ0n) is 15.7. The average molecular weight is 414 g/mol. The van der Waals surface area contributed by atoms with E-state index in [1.54, 1.807) is 49.5 Å². The van der Waals surface area contributed by atoms with Crippen LogP contribution < -0.4 is 9.62 Å². The number of benzene rings is 2. The van der Waals surface area contributed by atoms with Crippen LogP contribution in [0.15, 0.2) is 54.6 Å². The van der Waals surface area contributed by atoms with Crippen LogP contribution >= 0.6 is 0 Å². The second kappa shape index (κ2) is 7.32. The van der Waals surface area contributed by atoms with Crippen molar-refractivity contribution in [3.05, 3.63) is 66.1 Å². The molecule has 9 heteroatoms. The molecule has 1 aliphatic heterocycles. The van der Waals surface area contributed by atoms with E-state index in [0.29, 0.717) is 41.3 Å². The number of aryl methyl sites for hydroxylation is 1. The Hall–Kier alpha value is -3.20. The number of anilines is 2. The van der Waals surface area contributed by atoms with E-state index < -0.39 is 10.0 Å². The number of sulfonamides is 1. The molecule has 1 saturated heterocycles. The van der Waals surface area contributed by atoms with Gasteiger partial charge in [-0.1, -0.05) is 0 Å². The predicted molar refractivity (Wildman–Crippen MR) is 109 cm³/mol. The topological polar surface area (TPSA) is 84.3 Å². The maximum Gasteiger partial charge on any atom is 0.273 e. The van der Waals surface area contributed by atoms with E-state index in [9.17, 15) is 17.6 Å². The molecule has 0 aliphatic carbocycles. The fourth-order valence-corrected chi connectivity index (χ4v) is 4.84. The van der Waals surface area contributed by atoms with Gasteiger partial charge in [-0.15, -0.1) is 0 Å². The molecule has 0 spiro atoms. The van der Waals surface area contributed by atoms with E-state index in [0.717, 1.165) is 0 Å². The van der Waals surface area contributed by atoms with Gasteiger partial charge >= 0.3 is 0 Å². The molecule has 150 valence electrons. The van der Waals surface area contributed by atoms with Crippen LogP contribution in [0.2, 0.25) is 0 Å². The minimum absolute atomic E-state index is 0.155. The van der Waals surface area contributed by atoms with Crippen LogP contribution in [0.25, 0.3) is 11.3 Å². The number of carbonyl (C=O) groups is 1. The van der Waals surface area contributed by atoms with Crippen LogP contribution in [-0.2, 0) is 17.1 Å². The van der Waals surface area contributed by atoms with E-state index in [4.69, 9.17) is 0 Å². The zero-order chi connectivity index (χ0) is 20.6. The fourth-order valence-electron chi connectivity index (χ4n) is 3.28. The second-order valence-electron chi connectivity index (χ2n) is 6.79. The first-order chi connectivity index (χ1) is 13.8. The largest absolute Gasteiger partial charge is 0.321 e. The van der Waals surface area contributed by atoms with Crippen LogP contribution in [-0.4, -0.2) is 36.4 Å². The van der Waals surface area contributed by atoms with Crippen molar-refractivity contribution >= 4 is 27.3 Å². The Balaban J connectivity index is 1.50. The molecule has 2 heterocycles. The molecule has 0 saturated carbocycles. The van der Waals surface area contributed by atoms with E-state index in [1.807, 2.05) is 0 Å². The summed E-state index contributed by atoms with van der Waals surface area (Å²) in [4.78, 5) is 12.6. The molecule has 3 aromatic rings. The molecule has 0 radical (unpaired) electrons. The Morgan fingerprint density at radius 3 is 2.41 bits per heavy atom. The highest BCUT2D eigenvalue weighted by molar-refractivity contribution is 7.93. The SMILES string of the molecule is Cn1nc(-c2ccc(F)cc2)cc1C(=O)Nc1ccc(N2CCCS2(=O)=O)cc1. The number of nitrogens with zero attached hydrogens (tertiary/aromatic N) is 3. The quantitative estimate of drug-likeness (QED) is 0.711. The molecular formula is C20H19FN4O3S. The molecule has 1 fully saturated rings. The number of rotatable bonds is 4.